The normalized spacial score (nSPS) is 13.1. The zero-order chi connectivity index (χ0) is 16.2. The molecule has 0 aromatic heterocycles. The summed E-state index contributed by atoms with van der Waals surface area (Å²) in [6.07, 6.45) is 0.0115. The van der Waals surface area contributed by atoms with Gasteiger partial charge in [0.25, 0.3) is 0 Å². The van der Waals surface area contributed by atoms with Crippen molar-refractivity contribution in [3.05, 3.63) is 29.8 Å². The van der Waals surface area contributed by atoms with Gasteiger partial charge in [-0.25, -0.2) is 17.2 Å². The molecule has 0 atom stereocenters. The highest BCUT2D eigenvalue weighted by molar-refractivity contribution is 7.89. The number of nitrogens with zero attached hydrogens (tertiary/aromatic N) is 2. The Morgan fingerprint density at radius 3 is 2.48 bits per heavy atom. The lowest BCUT2D eigenvalue weighted by Gasteiger charge is -2.25. The van der Waals surface area contributed by atoms with E-state index in [4.69, 9.17) is 10.9 Å². The number of hydrogen-bond donors (Lipinski definition) is 2. The van der Waals surface area contributed by atoms with Crippen LogP contribution in [0, 0.1) is 11.6 Å². The zero-order valence-corrected chi connectivity index (χ0v) is 12.4. The average molecular weight is 321 g/mol. The number of sulfonamides is 1. The molecule has 0 aliphatic heterocycles. The molecule has 9 heteroatoms. The molecule has 0 unspecified atom stereocenters. The fraction of sp³-hybridized carbons (Fsp3) is 0.417. The molecule has 0 spiro atoms. The molecule has 0 bridgehead atoms. The molecule has 1 aromatic carbocycles. The van der Waals surface area contributed by atoms with Gasteiger partial charge in [0.1, 0.15) is 5.84 Å². The Labute approximate surface area is 121 Å². The van der Waals surface area contributed by atoms with Crippen molar-refractivity contribution in [2.75, 3.05) is 6.54 Å². The Balaban J connectivity index is 3.12. The van der Waals surface area contributed by atoms with E-state index in [1.807, 2.05) is 0 Å². The van der Waals surface area contributed by atoms with Crippen molar-refractivity contribution in [1.82, 2.24) is 4.31 Å². The highest BCUT2D eigenvalue weighted by atomic mass is 32.2. The minimum atomic E-state index is -4.01. The summed E-state index contributed by atoms with van der Waals surface area (Å²) in [6.45, 7) is 3.21. The predicted octanol–water partition coefficient (Wildman–Crippen LogP) is 1.50. The van der Waals surface area contributed by atoms with E-state index in [9.17, 15) is 17.2 Å². The first-order valence-electron chi connectivity index (χ1n) is 6.13. The van der Waals surface area contributed by atoms with Crippen LogP contribution in [0.5, 0.6) is 0 Å². The molecular formula is C12H17F2N3O3S. The Morgan fingerprint density at radius 1 is 1.38 bits per heavy atom. The smallest absolute Gasteiger partial charge is 0.243 e. The van der Waals surface area contributed by atoms with Crippen LogP contribution in [0.2, 0.25) is 0 Å². The molecule has 0 saturated heterocycles. The predicted molar refractivity (Wildman–Crippen MR) is 73.4 cm³/mol. The third kappa shape index (κ3) is 4.11. The maximum atomic E-state index is 13.2. The third-order valence-electron chi connectivity index (χ3n) is 2.79. The molecule has 0 amide bonds. The third-order valence-corrected chi connectivity index (χ3v) is 4.86. The van der Waals surface area contributed by atoms with Gasteiger partial charge in [-0.15, -0.1) is 0 Å². The molecule has 118 valence electrons. The lowest BCUT2D eigenvalue weighted by molar-refractivity contribution is 0.313. The molecule has 1 aromatic rings. The van der Waals surface area contributed by atoms with E-state index in [-0.39, 0.29) is 23.7 Å². The van der Waals surface area contributed by atoms with Crippen molar-refractivity contribution >= 4 is 15.9 Å². The fourth-order valence-electron chi connectivity index (χ4n) is 1.70. The van der Waals surface area contributed by atoms with E-state index in [2.05, 4.69) is 5.16 Å². The van der Waals surface area contributed by atoms with Crippen LogP contribution in [0.1, 0.15) is 20.3 Å². The number of rotatable bonds is 6. The quantitative estimate of drug-likeness (QED) is 0.359. The molecule has 0 aliphatic rings. The minimum absolute atomic E-state index is 0.0115. The van der Waals surface area contributed by atoms with Gasteiger partial charge in [0.15, 0.2) is 11.6 Å². The summed E-state index contributed by atoms with van der Waals surface area (Å²) >= 11 is 0. The molecule has 0 saturated carbocycles. The Morgan fingerprint density at radius 2 is 2.00 bits per heavy atom. The first-order valence-corrected chi connectivity index (χ1v) is 7.57. The zero-order valence-electron chi connectivity index (χ0n) is 11.6. The van der Waals surface area contributed by atoms with Gasteiger partial charge in [0, 0.05) is 19.0 Å². The number of hydrogen-bond acceptors (Lipinski definition) is 4. The van der Waals surface area contributed by atoms with Crippen molar-refractivity contribution in [2.24, 2.45) is 10.9 Å². The lowest BCUT2D eigenvalue weighted by Crippen LogP contribution is -2.39. The van der Waals surface area contributed by atoms with Crippen molar-refractivity contribution in [3.8, 4) is 0 Å². The second-order valence-corrected chi connectivity index (χ2v) is 6.52. The largest absolute Gasteiger partial charge is 0.409 e. The molecule has 6 nitrogen and oxygen atoms in total. The van der Waals surface area contributed by atoms with Crippen molar-refractivity contribution < 1.29 is 22.4 Å². The minimum Gasteiger partial charge on any atom is -0.409 e. The molecule has 0 heterocycles. The maximum absolute atomic E-state index is 13.2. The van der Waals surface area contributed by atoms with Crippen molar-refractivity contribution in [1.29, 1.82) is 0 Å². The highest BCUT2D eigenvalue weighted by Gasteiger charge is 2.27. The monoisotopic (exact) mass is 321 g/mol. The van der Waals surface area contributed by atoms with Crippen LogP contribution in [0.3, 0.4) is 0 Å². The summed E-state index contributed by atoms with van der Waals surface area (Å²) in [5.41, 5.74) is 5.32. The molecule has 0 fully saturated rings. The molecule has 0 radical (unpaired) electrons. The highest BCUT2D eigenvalue weighted by Crippen LogP contribution is 2.20. The average Bonchev–Trinajstić information content (AvgIpc) is 2.40. The summed E-state index contributed by atoms with van der Waals surface area (Å²) in [4.78, 5) is -0.352. The number of oxime groups is 1. The molecular weight excluding hydrogens is 304 g/mol. The van der Waals surface area contributed by atoms with Gasteiger partial charge < -0.3 is 10.9 Å². The standard InChI is InChI=1S/C12H17F2N3O3S/c1-8(2)17(6-5-12(15)16-18)21(19,20)9-3-4-10(13)11(14)7-9/h3-4,7-8,18H,5-6H2,1-2H3,(H2,15,16). The Hall–Kier alpha value is -1.74. The van der Waals surface area contributed by atoms with Crippen LogP contribution in [-0.2, 0) is 10.0 Å². The molecule has 21 heavy (non-hydrogen) atoms. The van der Waals surface area contributed by atoms with E-state index in [1.165, 1.54) is 0 Å². The topological polar surface area (TPSA) is 96.0 Å². The van der Waals surface area contributed by atoms with Gasteiger partial charge in [-0.2, -0.15) is 4.31 Å². The van der Waals surface area contributed by atoms with E-state index in [0.717, 1.165) is 16.4 Å². The van der Waals surface area contributed by atoms with Gasteiger partial charge in [0.2, 0.25) is 10.0 Å². The lowest BCUT2D eigenvalue weighted by atomic mass is 10.3. The molecule has 0 aliphatic carbocycles. The van der Waals surface area contributed by atoms with Crippen LogP contribution in [0.4, 0.5) is 8.78 Å². The van der Waals surface area contributed by atoms with Crippen LogP contribution in [-0.4, -0.2) is 36.4 Å². The summed E-state index contributed by atoms with van der Waals surface area (Å²) in [5, 5.41) is 11.2. The van der Waals surface area contributed by atoms with E-state index >= 15 is 0 Å². The van der Waals surface area contributed by atoms with Crippen molar-refractivity contribution in [2.45, 2.75) is 31.2 Å². The SMILES string of the molecule is CC(C)N(CCC(N)=NO)S(=O)(=O)c1ccc(F)c(F)c1. The first-order chi connectivity index (χ1) is 9.70. The van der Waals surface area contributed by atoms with E-state index in [1.54, 1.807) is 13.8 Å². The Kier molecular flexibility index (Phi) is 5.62. The van der Waals surface area contributed by atoms with E-state index in [0.29, 0.717) is 6.07 Å². The summed E-state index contributed by atoms with van der Waals surface area (Å²) in [5.74, 6) is -2.49. The van der Waals surface area contributed by atoms with Crippen LogP contribution in [0.25, 0.3) is 0 Å². The van der Waals surface area contributed by atoms with Gasteiger partial charge in [0.05, 0.1) is 4.90 Å². The first kappa shape index (κ1) is 17.3. The van der Waals surface area contributed by atoms with Gasteiger partial charge >= 0.3 is 0 Å². The van der Waals surface area contributed by atoms with Crippen LogP contribution >= 0.6 is 0 Å². The molecule has 3 N–H and O–H groups in total. The summed E-state index contributed by atoms with van der Waals surface area (Å²) in [6, 6.07) is 1.94. The second kappa shape index (κ2) is 6.81. The van der Waals surface area contributed by atoms with Crippen molar-refractivity contribution in [3.63, 3.8) is 0 Å². The number of nitrogens with two attached hydrogens (primary N) is 1. The van der Waals surface area contributed by atoms with Gasteiger partial charge in [-0.3, -0.25) is 0 Å². The number of halogens is 2. The van der Waals surface area contributed by atoms with Gasteiger partial charge in [-0.1, -0.05) is 5.16 Å². The molecule has 1 rings (SSSR count). The summed E-state index contributed by atoms with van der Waals surface area (Å²) in [7, 11) is -4.01. The van der Waals surface area contributed by atoms with Gasteiger partial charge in [-0.05, 0) is 32.0 Å². The number of benzene rings is 1. The summed E-state index contributed by atoms with van der Waals surface area (Å²) < 4.78 is 52.0. The van der Waals surface area contributed by atoms with E-state index < -0.39 is 27.7 Å². The second-order valence-electron chi connectivity index (χ2n) is 4.63. The fourth-order valence-corrected chi connectivity index (χ4v) is 3.35. The van der Waals surface area contributed by atoms with Crippen LogP contribution < -0.4 is 5.73 Å². The maximum Gasteiger partial charge on any atom is 0.243 e. The Bertz CT molecular complexity index is 633. The van der Waals surface area contributed by atoms with Crippen LogP contribution in [0.15, 0.2) is 28.3 Å². The number of amidine groups is 1.